The first-order valence-electron chi connectivity index (χ1n) is 8.63. The van der Waals surface area contributed by atoms with Crippen LogP contribution in [0.5, 0.6) is 0 Å². The number of ether oxygens (including phenoxy) is 1. The Bertz CT molecular complexity index is 450. The lowest BCUT2D eigenvalue weighted by Crippen LogP contribution is -2.40. The van der Waals surface area contributed by atoms with Crippen LogP contribution in [0.2, 0.25) is 0 Å². The van der Waals surface area contributed by atoms with Crippen LogP contribution in [0.15, 0.2) is 11.3 Å². The molecule has 1 rings (SSSR count). The predicted molar refractivity (Wildman–Crippen MR) is 109 cm³/mol. The van der Waals surface area contributed by atoms with E-state index in [1.165, 1.54) is 0 Å². The van der Waals surface area contributed by atoms with Crippen molar-refractivity contribution in [2.24, 2.45) is 10.9 Å². The zero-order valence-electron chi connectivity index (χ0n) is 15.4. The second-order valence-electron chi connectivity index (χ2n) is 5.78. The molecule has 0 aromatic carbocycles. The highest BCUT2D eigenvalue weighted by Gasteiger charge is 2.03. The molecule has 7 nitrogen and oxygen atoms in total. The molecule has 1 aromatic heterocycles. The van der Waals surface area contributed by atoms with E-state index in [2.05, 4.69) is 51.2 Å². The lowest BCUT2D eigenvalue weighted by molar-refractivity contribution is 0.145. The van der Waals surface area contributed by atoms with E-state index < -0.39 is 0 Å². The SMILES string of the molecule is CCOCCCNC(=NCC(C)C)NCCn1cnnc1CC.I. The largest absolute Gasteiger partial charge is 0.382 e. The molecule has 0 aliphatic heterocycles. The van der Waals surface area contributed by atoms with Crippen LogP contribution in [-0.2, 0) is 17.7 Å². The van der Waals surface area contributed by atoms with Crippen LogP contribution in [0.25, 0.3) is 0 Å². The molecule has 0 bridgehead atoms. The molecule has 0 radical (unpaired) electrons. The third-order valence-corrected chi connectivity index (χ3v) is 3.23. The average Bonchev–Trinajstić information content (AvgIpc) is 2.99. The molecule has 0 spiro atoms. The first-order chi connectivity index (χ1) is 11.2. The molecule has 0 atom stereocenters. The van der Waals surface area contributed by atoms with E-state index in [9.17, 15) is 0 Å². The van der Waals surface area contributed by atoms with E-state index in [4.69, 9.17) is 4.74 Å². The monoisotopic (exact) mass is 452 g/mol. The molecule has 0 aliphatic carbocycles. The van der Waals surface area contributed by atoms with Gasteiger partial charge in [0.05, 0.1) is 0 Å². The van der Waals surface area contributed by atoms with Crippen molar-refractivity contribution in [2.45, 2.75) is 47.1 Å². The van der Waals surface area contributed by atoms with Gasteiger partial charge in [-0.2, -0.15) is 0 Å². The quantitative estimate of drug-likeness (QED) is 0.233. The van der Waals surface area contributed by atoms with Gasteiger partial charge >= 0.3 is 0 Å². The Kier molecular flexibility index (Phi) is 13.9. The van der Waals surface area contributed by atoms with Crippen LogP contribution >= 0.6 is 24.0 Å². The van der Waals surface area contributed by atoms with Gasteiger partial charge in [0, 0.05) is 45.8 Å². The van der Waals surface area contributed by atoms with Gasteiger partial charge in [-0.3, -0.25) is 4.99 Å². The highest BCUT2D eigenvalue weighted by molar-refractivity contribution is 14.0. The lowest BCUT2D eigenvalue weighted by Gasteiger charge is -2.14. The van der Waals surface area contributed by atoms with E-state index in [-0.39, 0.29) is 24.0 Å². The fourth-order valence-electron chi connectivity index (χ4n) is 2.01. The summed E-state index contributed by atoms with van der Waals surface area (Å²) in [5.74, 6) is 2.42. The van der Waals surface area contributed by atoms with E-state index in [0.29, 0.717) is 5.92 Å². The normalized spacial score (nSPS) is 11.5. The van der Waals surface area contributed by atoms with Gasteiger partial charge in [-0.15, -0.1) is 34.2 Å². The van der Waals surface area contributed by atoms with Crippen LogP contribution in [0.1, 0.15) is 39.9 Å². The molecule has 1 aromatic rings. The number of rotatable bonds is 11. The number of halogens is 1. The maximum atomic E-state index is 5.35. The van der Waals surface area contributed by atoms with Gasteiger partial charge in [0.1, 0.15) is 12.2 Å². The summed E-state index contributed by atoms with van der Waals surface area (Å²) in [6.45, 7) is 13.3. The molecule has 8 heteroatoms. The van der Waals surface area contributed by atoms with Gasteiger partial charge in [0.25, 0.3) is 0 Å². The molecular formula is C16H33IN6O. The molecule has 24 heavy (non-hydrogen) atoms. The van der Waals surface area contributed by atoms with E-state index in [1.54, 1.807) is 6.33 Å². The number of guanidine groups is 1. The van der Waals surface area contributed by atoms with Crippen LogP contribution in [0.4, 0.5) is 0 Å². The Hall–Kier alpha value is -0.900. The number of nitrogens with one attached hydrogen (secondary N) is 2. The summed E-state index contributed by atoms with van der Waals surface area (Å²) < 4.78 is 7.42. The molecular weight excluding hydrogens is 419 g/mol. The van der Waals surface area contributed by atoms with Crippen molar-refractivity contribution in [3.8, 4) is 0 Å². The van der Waals surface area contributed by atoms with Gasteiger partial charge in [0.15, 0.2) is 5.96 Å². The summed E-state index contributed by atoms with van der Waals surface area (Å²) >= 11 is 0. The van der Waals surface area contributed by atoms with Crippen LogP contribution in [0, 0.1) is 5.92 Å². The highest BCUT2D eigenvalue weighted by Crippen LogP contribution is 1.95. The molecule has 0 saturated carbocycles. The minimum Gasteiger partial charge on any atom is -0.382 e. The Balaban J connectivity index is 0.00000529. The van der Waals surface area contributed by atoms with Crippen LogP contribution in [0.3, 0.4) is 0 Å². The number of aryl methyl sites for hydroxylation is 1. The highest BCUT2D eigenvalue weighted by atomic mass is 127. The van der Waals surface area contributed by atoms with Gasteiger partial charge in [0.2, 0.25) is 0 Å². The summed E-state index contributed by atoms with van der Waals surface area (Å²) in [7, 11) is 0. The van der Waals surface area contributed by atoms with Gasteiger partial charge in [-0.25, -0.2) is 0 Å². The maximum Gasteiger partial charge on any atom is 0.191 e. The Morgan fingerprint density at radius 3 is 2.71 bits per heavy atom. The van der Waals surface area contributed by atoms with Gasteiger partial charge in [-0.1, -0.05) is 20.8 Å². The standard InChI is InChI=1S/C16H32N6O.HI/c1-5-15-21-20-13-22(15)10-9-18-16(19-12-14(3)4)17-8-7-11-23-6-2;/h13-14H,5-12H2,1-4H3,(H2,17,18,19);1H. The Morgan fingerprint density at radius 2 is 2.04 bits per heavy atom. The smallest absolute Gasteiger partial charge is 0.191 e. The molecule has 1 heterocycles. The topological polar surface area (TPSA) is 76.4 Å². The minimum atomic E-state index is 0. The van der Waals surface area contributed by atoms with Crippen molar-refractivity contribution in [1.29, 1.82) is 0 Å². The number of nitrogens with zero attached hydrogens (tertiary/aromatic N) is 4. The second kappa shape index (κ2) is 14.4. The number of hydrogen-bond acceptors (Lipinski definition) is 4. The van der Waals surface area contributed by atoms with Crippen molar-refractivity contribution in [3.63, 3.8) is 0 Å². The van der Waals surface area contributed by atoms with Crippen molar-refractivity contribution in [3.05, 3.63) is 12.2 Å². The fourth-order valence-corrected chi connectivity index (χ4v) is 2.01. The molecule has 0 amide bonds. The summed E-state index contributed by atoms with van der Waals surface area (Å²) in [6, 6.07) is 0. The summed E-state index contributed by atoms with van der Waals surface area (Å²) in [6.07, 6.45) is 3.65. The predicted octanol–water partition coefficient (Wildman–Crippen LogP) is 2.08. The second-order valence-corrected chi connectivity index (χ2v) is 5.78. The van der Waals surface area contributed by atoms with Crippen molar-refractivity contribution < 1.29 is 4.74 Å². The Morgan fingerprint density at radius 1 is 1.29 bits per heavy atom. The zero-order chi connectivity index (χ0) is 16.9. The molecule has 0 fully saturated rings. The number of aliphatic imine (C=N–C) groups is 1. The Labute approximate surface area is 163 Å². The van der Waals surface area contributed by atoms with Gasteiger partial charge in [-0.05, 0) is 19.3 Å². The fraction of sp³-hybridized carbons (Fsp3) is 0.812. The summed E-state index contributed by atoms with van der Waals surface area (Å²) in [5, 5.41) is 14.8. The molecule has 0 saturated heterocycles. The number of hydrogen-bond donors (Lipinski definition) is 2. The van der Waals surface area contributed by atoms with Crippen molar-refractivity contribution in [2.75, 3.05) is 32.8 Å². The minimum absolute atomic E-state index is 0. The van der Waals surface area contributed by atoms with Crippen molar-refractivity contribution in [1.82, 2.24) is 25.4 Å². The first kappa shape index (κ1) is 23.1. The first-order valence-corrected chi connectivity index (χ1v) is 8.63. The molecule has 0 unspecified atom stereocenters. The molecule has 140 valence electrons. The molecule has 2 N–H and O–H groups in total. The van der Waals surface area contributed by atoms with Crippen molar-refractivity contribution >= 4 is 29.9 Å². The van der Waals surface area contributed by atoms with Crippen LogP contribution in [-0.4, -0.2) is 53.6 Å². The van der Waals surface area contributed by atoms with Crippen LogP contribution < -0.4 is 10.6 Å². The molecule has 0 aliphatic rings. The number of aromatic nitrogens is 3. The zero-order valence-corrected chi connectivity index (χ0v) is 17.7. The van der Waals surface area contributed by atoms with Gasteiger partial charge < -0.3 is 19.9 Å². The van der Waals surface area contributed by atoms with E-state index in [0.717, 1.165) is 64.0 Å². The third-order valence-electron chi connectivity index (χ3n) is 3.23. The summed E-state index contributed by atoms with van der Waals surface area (Å²) in [5.41, 5.74) is 0. The lowest BCUT2D eigenvalue weighted by atomic mass is 10.2. The third kappa shape index (κ3) is 10.1. The maximum absolute atomic E-state index is 5.35. The average molecular weight is 452 g/mol. The van der Waals surface area contributed by atoms with E-state index in [1.807, 2.05) is 6.92 Å². The summed E-state index contributed by atoms with van der Waals surface area (Å²) in [4.78, 5) is 4.62. The van der Waals surface area contributed by atoms with E-state index >= 15 is 0 Å².